The first kappa shape index (κ1) is 16.4. The van der Waals surface area contributed by atoms with E-state index in [1.165, 1.54) is 5.56 Å². The molecular formula is C16H19BrClN3. The molecule has 0 aliphatic carbocycles. The molecule has 0 saturated heterocycles. The lowest BCUT2D eigenvalue weighted by molar-refractivity contribution is 0.252. The van der Waals surface area contributed by atoms with Gasteiger partial charge in [0.15, 0.2) is 0 Å². The fraction of sp³-hybridized carbons (Fsp3) is 0.312. The van der Waals surface area contributed by atoms with Crippen LogP contribution >= 0.6 is 27.5 Å². The van der Waals surface area contributed by atoms with Crippen molar-refractivity contribution in [1.82, 2.24) is 9.88 Å². The van der Waals surface area contributed by atoms with Crippen LogP contribution in [0.4, 0.5) is 0 Å². The smallest absolute Gasteiger partial charge is 0.0479 e. The maximum absolute atomic E-state index is 6.11. The Morgan fingerprint density at radius 1 is 1.29 bits per heavy atom. The number of benzene rings is 1. The summed E-state index contributed by atoms with van der Waals surface area (Å²) in [4.78, 5) is 6.30. The van der Waals surface area contributed by atoms with Crippen LogP contribution in [0.25, 0.3) is 0 Å². The van der Waals surface area contributed by atoms with E-state index in [9.17, 15) is 0 Å². The van der Waals surface area contributed by atoms with Crippen LogP contribution in [0, 0.1) is 0 Å². The Labute approximate surface area is 139 Å². The number of halogens is 2. The van der Waals surface area contributed by atoms with Crippen molar-refractivity contribution in [2.24, 2.45) is 5.73 Å². The summed E-state index contributed by atoms with van der Waals surface area (Å²) in [6, 6.07) is 10.0. The molecule has 0 spiro atoms. The molecule has 0 bridgehead atoms. The summed E-state index contributed by atoms with van der Waals surface area (Å²) in [5.41, 5.74) is 8.38. The minimum absolute atomic E-state index is 0.139. The van der Waals surface area contributed by atoms with Crippen molar-refractivity contribution in [2.45, 2.75) is 12.5 Å². The lowest BCUT2D eigenvalue weighted by Gasteiger charge is -2.28. The van der Waals surface area contributed by atoms with Crippen LogP contribution in [0.3, 0.4) is 0 Å². The van der Waals surface area contributed by atoms with Crippen molar-refractivity contribution < 1.29 is 0 Å². The Hall–Kier alpha value is -0.940. The second-order valence-corrected chi connectivity index (χ2v) is 6.29. The highest BCUT2D eigenvalue weighted by molar-refractivity contribution is 9.10. The largest absolute Gasteiger partial charge is 0.329 e. The van der Waals surface area contributed by atoms with Gasteiger partial charge in [-0.25, -0.2) is 0 Å². The van der Waals surface area contributed by atoms with Crippen LogP contribution in [-0.2, 0) is 6.42 Å². The molecular weight excluding hydrogens is 350 g/mol. The molecule has 21 heavy (non-hydrogen) atoms. The molecule has 2 N–H and O–H groups in total. The van der Waals surface area contributed by atoms with E-state index >= 15 is 0 Å². The van der Waals surface area contributed by atoms with Gasteiger partial charge in [-0.15, -0.1) is 0 Å². The van der Waals surface area contributed by atoms with E-state index in [-0.39, 0.29) is 6.04 Å². The van der Waals surface area contributed by atoms with Gasteiger partial charge in [0.25, 0.3) is 0 Å². The van der Waals surface area contributed by atoms with Crippen LogP contribution in [-0.4, -0.2) is 30.0 Å². The maximum atomic E-state index is 6.11. The lowest BCUT2D eigenvalue weighted by atomic mass is 10.0. The maximum Gasteiger partial charge on any atom is 0.0479 e. The summed E-state index contributed by atoms with van der Waals surface area (Å²) in [7, 11) is 2.09. The van der Waals surface area contributed by atoms with E-state index in [0.717, 1.165) is 28.0 Å². The van der Waals surface area contributed by atoms with Crippen LogP contribution in [0.2, 0.25) is 5.02 Å². The first-order chi connectivity index (χ1) is 10.1. The minimum atomic E-state index is 0.139. The summed E-state index contributed by atoms with van der Waals surface area (Å²) in [6.45, 7) is 1.47. The number of hydrogen-bond donors (Lipinski definition) is 1. The molecule has 5 heteroatoms. The van der Waals surface area contributed by atoms with E-state index in [4.69, 9.17) is 17.3 Å². The Bertz CT molecular complexity index is 577. The monoisotopic (exact) mass is 367 g/mol. The zero-order valence-corrected chi connectivity index (χ0v) is 14.3. The molecule has 3 nitrogen and oxygen atoms in total. The highest BCUT2D eigenvalue weighted by atomic mass is 79.9. The fourth-order valence-electron chi connectivity index (χ4n) is 2.33. The van der Waals surface area contributed by atoms with Crippen molar-refractivity contribution >= 4 is 27.5 Å². The molecule has 2 rings (SSSR count). The van der Waals surface area contributed by atoms with Gasteiger partial charge in [-0.1, -0.05) is 27.5 Å². The third-order valence-electron chi connectivity index (χ3n) is 3.57. The van der Waals surface area contributed by atoms with E-state index in [2.05, 4.69) is 32.9 Å². The third kappa shape index (κ3) is 4.51. The van der Waals surface area contributed by atoms with Crippen molar-refractivity contribution in [3.63, 3.8) is 0 Å². The Kier molecular flexibility index (Phi) is 6.18. The average Bonchev–Trinajstić information content (AvgIpc) is 2.50. The molecule has 0 radical (unpaired) electrons. The second kappa shape index (κ2) is 7.90. The van der Waals surface area contributed by atoms with Gasteiger partial charge >= 0.3 is 0 Å². The molecule has 2 aromatic rings. The number of likely N-dealkylation sites (N-methyl/N-ethyl adjacent to an activating group) is 1. The highest BCUT2D eigenvalue weighted by Gasteiger charge is 2.18. The summed E-state index contributed by atoms with van der Waals surface area (Å²) in [5.74, 6) is 0. The fourth-order valence-corrected chi connectivity index (χ4v) is 3.02. The number of aromatic nitrogens is 1. The van der Waals surface area contributed by atoms with Gasteiger partial charge in [0, 0.05) is 41.0 Å². The molecule has 1 aromatic carbocycles. The predicted octanol–water partition coefficient (Wildman–Crippen LogP) is 3.67. The predicted molar refractivity (Wildman–Crippen MR) is 91.5 cm³/mol. The normalized spacial score (nSPS) is 12.6. The lowest BCUT2D eigenvalue weighted by Crippen LogP contribution is -2.32. The Morgan fingerprint density at radius 2 is 2.00 bits per heavy atom. The molecule has 0 aliphatic rings. The van der Waals surface area contributed by atoms with E-state index in [1.54, 1.807) is 0 Å². The number of nitrogens with two attached hydrogens (primary N) is 1. The van der Waals surface area contributed by atoms with Crippen LogP contribution in [0.1, 0.15) is 17.2 Å². The van der Waals surface area contributed by atoms with E-state index in [0.29, 0.717) is 6.54 Å². The van der Waals surface area contributed by atoms with E-state index < -0.39 is 0 Å². The molecule has 0 aliphatic heterocycles. The van der Waals surface area contributed by atoms with Crippen molar-refractivity contribution in [3.8, 4) is 0 Å². The molecule has 0 amide bonds. The first-order valence-electron chi connectivity index (χ1n) is 6.86. The molecule has 0 fully saturated rings. The van der Waals surface area contributed by atoms with Gasteiger partial charge in [0.2, 0.25) is 0 Å². The van der Waals surface area contributed by atoms with Gasteiger partial charge in [-0.2, -0.15) is 0 Å². The van der Waals surface area contributed by atoms with E-state index in [1.807, 2.05) is 42.7 Å². The third-order valence-corrected chi connectivity index (χ3v) is 4.53. The molecule has 112 valence electrons. The van der Waals surface area contributed by atoms with Gasteiger partial charge in [-0.05, 0) is 54.9 Å². The summed E-state index contributed by atoms with van der Waals surface area (Å²) in [6.07, 6.45) is 4.61. The SMILES string of the molecule is CN(CCc1ccncc1)C(CN)c1cc(Cl)ccc1Br. The van der Waals surface area contributed by atoms with Crippen molar-refractivity contribution in [2.75, 3.05) is 20.1 Å². The van der Waals surface area contributed by atoms with Gasteiger partial charge < -0.3 is 5.73 Å². The second-order valence-electron chi connectivity index (χ2n) is 5.00. The zero-order valence-electron chi connectivity index (χ0n) is 12.0. The summed E-state index contributed by atoms with van der Waals surface area (Å²) >= 11 is 9.70. The average molecular weight is 369 g/mol. The number of nitrogens with zero attached hydrogens (tertiary/aromatic N) is 2. The van der Waals surface area contributed by atoms with Gasteiger partial charge in [-0.3, -0.25) is 9.88 Å². The van der Waals surface area contributed by atoms with Crippen LogP contribution in [0.15, 0.2) is 47.2 Å². The standard InChI is InChI=1S/C16H19BrClN3/c1-21(9-6-12-4-7-20-8-5-12)16(11-19)14-10-13(18)2-3-15(14)17/h2-5,7-8,10,16H,6,9,11,19H2,1H3. The molecule has 1 atom stereocenters. The van der Waals surface area contributed by atoms with Gasteiger partial charge in [0.05, 0.1) is 0 Å². The minimum Gasteiger partial charge on any atom is -0.329 e. The van der Waals surface area contributed by atoms with Gasteiger partial charge in [0.1, 0.15) is 0 Å². The topological polar surface area (TPSA) is 42.2 Å². The van der Waals surface area contributed by atoms with Crippen LogP contribution < -0.4 is 5.73 Å². The number of hydrogen-bond acceptors (Lipinski definition) is 3. The number of pyridine rings is 1. The van der Waals surface area contributed by atoms with Crippen LogP contribution in [0.5, 0.6) is 0 Å². The molecule has 1 aromatic heterocycles. The molecule has 0 saturated carbocycles. The zero-order chi connectivity index (χ0) is 15.2. The summed E-state index contributed by atoms with van der Waals surface area (Å²) in [5, 5.41) is 0.731. The summed E-state index contributed by atoms with van der Waals surface area (Å²) < 4.78 is 1.04. The Balaban J connectivity index is 2.08. The molecule has 1 heterocycles. The molecule has 1 unspecified atom stereocenters. The van der Waals surface area contributed by atoms with Crippen molar-refractivity contribution in [1.29, 1.82) is 0 Å². The number of rotatable bonds is 6. The first-order valence-corrected chi connectivity index (χ1v) is 8.03. The van der Waals surface area contributed by atoms with Crippen molar-refractivity contribution in [3.05, 3.63) is 63.3 Å². The Morgan fingerprint density at radius 3 is 2.67 bits per heavy atom. The highest BCUT2D eigenvalue weighted by Crippen LogP contribution is 2.29. The quantitative estimate of drug-likeness (QED) is 0.846.